The molecule has 0 aromatic rings. The normalized spacial score (nSPS) is 46.0. The molecule has 0 saturated heterocycles. The van der Waals surface area contributed by atoms with Crippen LogP contribution in [0, 0.1) is 69.0 Å². The highest BCUT2D eigenvalue weighted by molar-refractivity contribution is 7.90. The molecule has 0 spiro atoms. The molecular formula is C38H63NO7S. The molecule has 1 amide bonds. The second-order valence-electron chi connectivity index (χ2n) is 17.7. The van der Waals surface area contributed by atoms with E-state index in [4.69, 9.17) is 4.74 Å². The smallest absolute Gasteiger partial charge is 0.420 e. The van der Waals surface area contributed by atoms with Crippen LogP contribution in [0.5, 0.6) is 0 Å². The number of carbonyl (C=O) groups excluding carboxylic acids is 2. The Kier molecular flexibility index (Phi) is 9.51. The number of hydrogen-bond acceptors (Lipinski definition) is 7. The molecule has 0 heterocycles. The third-order valence-corrected chi connectivity index (χ3v) is 17.9. The summed E-state index contributed by atoms with van der Waals surface area (Å²) >= 11 is 0. The maximum Gasteiger partial charge on any atom is 0.420 e. The van der Waals surface area contributed by atoms with Gasteiger partial charge in [0.05, 0.1) is 30.0 Å². The van der Waals surface area contributed by atoms with E-state index in [2.05, 4.69) is 46.3 Å². The quantitative estimate of drug-likeness (QED) is 0.230. The maximum absolute atomic E-state index is 13.3. The molecule has 268 valence electrons. The predicted molar refractivity (Wildman–Crippen MR) is 182 cm³/mol. The highest BCUT2D eigenvalue weighted by Crippen LogP contribution is 2.70. The fourth-order valence-electron chi connectivity index (χ4n) is 14.3. The first kappa shape index (κ1) is 35.6. The highest BCUT2D eigenvalue weighted by atomic mass is 32.2. The zero-order chi connectivity index (χ0) is 34.2. The number of sulfonamides is 1. The van der Waals surface area contributed by atoms with Crippen molar-refractivity contribution in [2.24, 2.45) is 69.0 Å². The first-order valence-electron chi connectivity index (χ1n) is 19.2. The van der Waals surface area contributed by atoms with E-state index >= 15 is 0 Å². The van der Waals surface area contributed by atoms with Gasteiger partial charge in [-0.25, -0.2) is 17.9 Å². The lowest BCUT2D eigenvalue weighted by Gasteiger charge is -2.64. The third-order valence-electron chi connectivity index (χ3n) is 16.5. The summed E-state index contributed by atoms with van der Waals surface area (Å²) in [4.78, 5) is 25.9. The van der Waals surface area contributed by atoms with Gasteiger partial charge in [0.1, 0.15) is 5.78 Å². The number of aliphatic hydroxyl groups excluding tert-OH is 2. The molecule has 0 aromatic heterocycles. The van der Waals surface area contributed by atoms with Crippen LogP contribution in [-0.2, 0) is 19.6 Å². The Hall–Kier alpha value is -1.19. The summed E-state index contributed by atoms with van der Waals surface area (Å²) in [6.45, 7) is 13.6. The summed E-state index contributed by atoms with van der Waals surface area (Å²) in [6, 6.07) is 0. The number of carbonyl (C=O) groups is 2. The first-order valence-corrected chi connectivity index (χ1v) is 20.8. The minimum atomic E-state index is -4.05. The van der Waals surface area contributed by atoms with Crippen molar-refractivity contribution in [2.45, 2.75) is 144 Å². The zero-order valence-electron chi connectivity index (χ0n) is 29.9. The van der Waals surface area contributed by atoms with E-state index in [1.54, 1.807) is 0 Å². The Morgan fingerprint density at radius 2 is 1.64 bits per heavy atom. The molecule has 1 unspecified atom stereocenters. The lowest BCUT2D eigenvalue weighted by Crippen LogP contribution is -2.62. The van der Waals surface area contributed by atoms with Crippen LogP contribution in [0.15, 0.2) is 0 Å². The number of ether oxygens (including phenoxy) is 1. The van der Waals surface area contributed by atoms with Crippen molar-refractivity contribution >= 4 is 21.9 Å². The standard InChI is InChI=1S/C38H63NO7S/c1-7-26-30-21-25(40)13-16-36(30,6)29-14-17-35(5)27(10-11-28(35)32(29)33(26)42)23(4)15-19-46-34(43)39-47(44,45)22-38-18-12-24(20-31(38)41)37(38,8-2)9-3/h23-30,32-33,40,42H,7-22H2,1-6H3,(H,39,43)/t23-,24?,25-,26-,27-,28+,29+,30+,32+,33-,35-,36-,38-/m1/s1. The Morgan fingerprint density at radius 1 is 0.957 bits per heavy atom. The largest absolute Gasteiger partial charge is 0.449 e. The van der Waals surface area contributed by atoms with Gasteiger partial charge in [-0.1, -0.05) is 48.0 Å². The van der Waals surface area contributed by atoms with Gasteiger partial charge in [-0.2, -0.15) is 0 Å². The van der Waals surface area contributed by atoms with Crippen molar-refractivity contribution in [2.75, 3.05) is 12.4 Å². The van der Waals surface area contributed by atoms with Crippen LogP contribution in [0.4, 0.5) is 4.79 Å². The van der Waals surface area contributed by atoms with Crippen LogP contribution in [0.1, 0.15) is 131 Å². The van der Waals surface area contributed by atoms with E-state index in [0.29, 0.717) is 54.8 Å². The van der Waals surface area contributed by atoms with E-state index in [-0.39, 0.29) is 58.4 Å². The topological polar surface area (TPSA) is 130 Å². The number of rotatable bonds is 10. The lowest BCUT2D eigenvalue weighted by atomic mass is 9.41. The summed E-state index contributed by atoms with van der Waals surface area (Å²) in [5, 5.41) is 22.5. The number of Topliss-reactive ketones (excluding diaryl/α,β-unsaturated/α-hetero) is 1. The van der Waals surface area contributed by atoms with Crippen LogP contribution < -0.4 is 4.72 Å². The summed E-state index contributed by atoms with van der Waals surface area (Å²) in [7, 11) is -4.05. The monoisotopic (exact) mass is 677 g/mol. The van der Waals surface area contributed by atoms with Crippen molar-refractivity contribution in [3.05, 3.63) is 0 Å². The van der Waals surface area contributed by atoms with Crippen LogP contribution in [0.3, 0.4) is 0 Å². The highest BCUT2D eigenvalue weighted by Gasteiger charge is 2.68. The lowest BCUT2D eigenvalue weighted by molar-refractivity contribution is -0.203. The molecule has 6 aliphatic carbocycles. The van der Waals surface area contributed by atoms with E-state index in [1.807, 2.05) is 0 Å². The summed E-state index contributed by atoms with van der Waals surface area (Å²) in [5.74, 6) is 2.55. The number of nitrogens with one attached hydrogen (secondary N) is 1. The van der Waals surface area contributed by atoms with E-state index < -0.39 is 21.5 Å². The summed E-state index contributed by atoms with van der Waals surface area (Å²) in [5.41, 5.74) is -0.930. The molecule has 0 aromatic carbocycles. The molecule has 6 aliphatic rings. The minimum absolute atomic E-state index is 0.0415. The minimum Gasteiger partial charge on any atom is -0.449 e. The Labute approximate surface area is 284 Å². The van der Waals surface area contributed by atoms with Gasteiger partial charge in [0, 0.05) is 6.42 Å². The van der Waals surface area contributed by atoms with Crippen molar-refractivity contribution < 1.29 is 33.0 Å². The first-order chi connectivity index (χ1) is 22.1. The molecule has 6 saturated carbocycles. The molecule has 13 atom stereocenters. The SMILES string of the molecule is CC[C@H]1[C@@H](O)[C@@H]2[C@H](CC[C@]3(C)[C@@H]([C@H](C)CCOC(=O)NS(=O)(=O)C[C@]45CCC(CC4=O)C5(CC)CC)CC[C@@H]23)[C@@]2(C)CC[C@@H](O)C[C@@H]12. The molecule has 47 heavy (non-hydrogen) atoms. The number of amides is 1. The number of ketones is 1. The third kappa shape index (κ3) is 5.36. The molecule has 6 rings (SSSR count). The van der Waals surface area contributed by atoms with E-state index in [1.165, 1.54) is 0 Å². The van der Waals surface area contributed by atoms with Crippen molar-refractivity contribution in [1.29, 1.82) is 0 Å². The van der Waals surface area contributed by atoms with Gasteiger partial charge in [0.15, 0.2) is 0 Å². The maximum atomic E-state index is 13.3. The fraction of sp³-hybridized carbons (Fsp3) is 0.947. The second-order valence-corrected chi connectivity index (χ2v) is 19.4. The van der Waals surface area contributed by atoms with Crippen molar-refractivity contribution in [3.8, 4) is 0 Å². The van der Waals surface area contributed by atoms with E-state index in [0.717, 1.165) is 70.6 Å². The Balaban J connectivity index is 1.06. The Morgan fingerprint density at radius 3 is 2.30 bits per heavy atom. The number of hydrogen-bond donors (Lipinski definition) is 3. The van der Waals surface area contributed by atoms with Crippen LogP contribution in [0.2, 0.25) is 0 Å². The van der Waals surface area contributed by atoms with Crippen molar-refractivity contribution in [1.82, 2.24) is 4.72 Å². The predicted octanol–water partition coefficient (Wildman–Crippen LogP) is 6.87. The Bertz CT molecular complexity index is 1310. The molecule has 3 N–H and O–H groups in total. The van der Waals surface area contributed by atoms with Gasteiger partial charge >= 0.3 is 6.09 Å². The number of aliphatic hydroxyl groups is 2. The van der Waals surface area contributed by atoms with Gasteiger partial charge in [-0.3, -0.25) is 4.79 Å². The number of fused-ring (bicyclic) bond motifs is 7. The average Bonchev–Trinajstić information content (AvgIpc) is 3.59. The molecule has 0 aliphatic heterocycles. The van der Waals surface area contributed by atoms with Gasteiger partial charge in [-0.15, -0.1) is 0 Å². The van der Waals surface area contributed by atoms with Gasteiger partial charge < -0.3 is 14.9 Å². The summed E-state index contributed by atoms with van der Waals surface area (Å²) in [6.07, 6.45) is 10.7. The van der Waals surface area contributed by atoms with Crippen molar-refractivity contribution in [3.63, 3.8) is 0 Å². The molecule has 2 bridgehead atoms. The second kappa shape index (κ2) is 12.5. The van der Waals surface area contributed by atoms with Crippen LogP contribution in [0.25, 0.3) is 0 Å². The van der Waals surface area contributed by atoms with Gasteiger partial charge in [0.25, 0.3) is 0 Å². The molecule has 6 fully saturated rings. The van der Waals surface area contributed by atoms with Gasteiger partial charge in [0.2, 0.25) is 10.0 Å². The van der Waals surface area contributed by atoms with Gasteiger partial charge in [-0.05, 0) is 141 Å². The molecular weight excluding hydrogens is 614 g/mol. The van der Waals surface area contributed by atoms with Crippen LogP contribution in [-0.4, -0.2) is 55.1 Å². The van der Waals surface area contributed by atoms with E-state index in [9.17, 15) is 28.2 Å². The summed E-state index contributed by atoms with van der Waals surface area (Å²) < 4.78 is 34.2. The molecule has 9 heteroatoms. The zero-order valence-corrected chi connectivity index (χ0v) is 30.7. The molecule has 0 radical (unpaired) electrons. The fourth-order valence-corrected chi connectivity index (χ4v) is 15.9. The van der Waals surface area contributed by atoms with Crippen LogP contribution >= 0.6 is 0 Å². The average molecular weight is 678 g/mol. The molecule has 8 nitrogen and oxygen atoms in total.